The maximum atomic E-state index is 11.9. The van der Waals surface area contributed by atoms with Crippen LogP contribution in [0.3, 0.4) is 0 Å². The van der Waals surface area contributed by atoms with E-state index in [1.54, 1.807) is 0 Å². The summed E-state index contributed by atoms with van der Waals surface area (Å²) in [7, 11) is 1.25. The quantitative estimate of drug-likeness (QED) is 0.547. The lowest BCUT2D eigenvalue weighted by atomic mass is 10.1. The van der Waals surface area contributed by atoms with Gasteiger partial charge in [0.2, 0.25) is 0 Å². The second-order valence-electron chi connectivity index (χ2n) is 1.52. The molecule has 1 aliphatic carbocycles. The molecule has 0 saturated heterocycles. The Bertz CT molecular complexity index is 117. The van der Waals surface area contributed by atoms with Gasteiger partial charge in [-0.05, 0) is 6.08 Å². The predicted molar refractivity (Wildman–Crippen MR) is 40.3 cm³/mol. The van der Waals surface area contributed by atoms with Crippen LogP contribution in [-0.4, -0.2) is 6.10 Å². The van der Waals surface area contributed by atoms with Crippen molar-refractivity contribution in [2.75, 3.05) is 0 Å². The monoisotopic (exact) mass is 246 g/mol. The summed E-state index contributed by atoms with van der Waals surface area (Å²) in [5.41, 5.74) is 0. The Kier molecular flexibility index (Phi) is 2.58. The van der Waals surface area contributed by atoms with Crippen molar-refractivity contribution in [2.24, 2.45) is 0 Å². The molecule has 0 aromatic carbocycles. The molecular formula is C4H4FIOS. The van der Waals surface area contributed by atoms with Gasteiger partial charge in [0.1, 0.15) is 11.9 Å². The lowest BCUT2D eigenvalue weighted by molar-refractivity contribution is 0.253. The molecule has 0 aromatic rings. The van der Waals surface area contributed by atoms with Crippen LogP contribution in [0.25, 0.3) is 0 Å². The standard InChI is InChI=1S/C4H4FIOS/c5-3-1-4(2-3)7-8-6/h1,4H,2H2. The lowest BCUT2D eigenvalue weighted by Crippen LogP contribution is -2.13. The van der Waals surface area contributed by atoms with Gasteiger partial charge in [-0.25, -0.2) is 4.39 Å². The molecule has 0 amide bonds. The predicted octanol–water partition coefficient (Wildman–Crippen LogP) is 2.63. The van der Waals surface area contributed by atoms with Gasteiger partial charge in [-0.15, -0.1) is 0 Å². The van der Waals surface area contributed by atoms with Crippen LogP contribution in [0, 0.1) is 0 Å². The van der Waals surface area contributed by atoms with Crippen molar-refractivity contribution in [1.82, 2.24) is 0 Å². The van der Waals surface area contributed by atoms with E-state index in [9.17, 15) is 4.39 Å². The fourth-order valence-electron chi connectivity index (χ4n) is 0.469. The van der Waals surface area contributed by atoms with Crippen LogP contribution in [-0.2, 0) is 4.18 Å². The Morgan fingerprint density at radius 3 is 3.00 bits per heavy atom. The second kappa shape index (κ2) is 3.03. The fourth-order valence-corrected chi connectivity index (χ4v) is 1.49. The average Bonchev–Trinajstić information content (AvgIpc) is 1.64. The molecule has 0 N–H and O–H groups in total. The summed E-state index contributed by atoms with van der Waals surface area (Å²) in [5.74, 6) is -0.0551. The smallest absolute Gasteiger partial charge is 0.102 e. The van der Waals surface area contributed by atoms with E-state index in [1.165, 1.54) is 15.3 Å². The largest absolute Gasteiger partial charge is 0.297 e. The summed E-state index contributed by atoms with van der Waals surface area (Å²) < 4.78 is 16.8. The van der Waals surface area contributed by atoms with Crippen LogP contribution in [0.15, 0.2) is 11.9 Å². The lowest BCUT2D eigenvalue weighted by Gasteiger charge is -2.16. The zero-order chi connectivity index (χ0) is 5.98. The van der Waals surface area contributed by atoms with Crippen LogP contribution in [0.5, 0.6) is 0 Å². The first kappa shape index (κ1) is 6.82. The summed E-state index contributed by atoms with van der Waals surface area (Å²) in [6.07, 6.45) is 1.96. The number of rotatable bonds is 2. The third-order valence-electron chi connectivity index (χ3n) is 0.923. The number of hydrogen-bond acceptors (Lipinski definition) is 2. The molecule has 1 nitrogen and oxygen atoms in total. The molecule has 4 heteroatoms. The molecule has 8 heavy (non-hydrogen) atoms. The van der Waals surface area contributed by atoms with Crippen molar-refractivity contribution in [3.8, 4) is 0 Å². The molecule has 1 unspecified atom stereocenters. The van der Waals surface area contributed by atoms with E-state index >= 15 is 0 Å². The van der Waals surface area contributed by atoms with Gasteiger partial charge in [0.15, 0.2) is 0 Å². The van der Waals surface area contributed by atoms with E-state index in [1.807, 2.05) is 21.2 Å². The van der Waals surface area contributed by atoms with Gasteiger partial charge in [0.05, 0.1) is 9.21 Å². The first-order chi connectivity index (χ1) is 3.83. The molecule has 1 atom stereocenters. The third-order valence-corrected chi connectivity index (χ3v) is 1.87. The first-order valence-corrected chi connectivity index (χ1v) is 5.41. The molecule has 0 saturated carbocycles. The van der Waals surface area contributed by atoms with Crippen molar-refractivity contribution >= 4 is 30.4 Å². The Morgan fingerprint density at radius 1 is 2.00 bits per heavy atom. The summed E-state index contributed by atoms with van der Waals surface area (Å²) in [4.78, 5) is 0. The molecular weight excluding hydrogens is 242 g/mol. The third kappa shape index (κ3) is 1.60. The Hall–Kier alpha value is 0.710. The molecule has 1 aliphatic rings. The molecule has 0 radical (unpaired) electrons. The van der Waals surface area contributed by atoms with Gasteiger partial charge in [-0.3, -0.25) is 4.18 Å². The normalized spacial score (nSPS) is 26.8. The van der Waals surface area contributed by atoms with Crippen molar-refractivity contribution in [3.63, 3.8) is 0 Å². The maximum Gasteiger partial charge on any atom is 0.102 e. The maximum absolute atomic E-state index is 11.9. The topological polar surface area (TPSA) is 9.23 Å². The minimum absolute atomic E-state index is 0.0249. The molecule has 0 bridgehead atoms. The summed E-state index contributed by atoms with van der Waals surface area (Å²) in [5, 5.41) is 0. The highest BCUT2D eigenvalue weighted by molar-refractivity contribution is 14.2. The Labute approximate surface area is 63.5 Å². The van der Waals surface area contributed by atoms with E-state index in [2.05, 4.69) is 0 Å². The van der Waals surface area contributed by atoms with Crippen molar-refractivity contribution in [2.45, 2.75) is 12.5 Å². The minimum Gasteiger partial charge on any atom is -0.297 e. The molecule has 46 valence electrons. The molecule has 0 aliphatic heterocycles. The van der Waals surface area contributed by atoms with Crippen LogP contribution in [0.2, 0.25) is 0 Å². The van der Waals surface area contributed by atoms with E-state index < -0.39 is 0 Å². The molecule has 0 fully saturated rings. The van der Waals surface area contributed by atoms with Gasteiger partial charge in [-0.1, -0.05) is 0 Å². The van der Waals surface area contributed by atoms with Crippen molar-refractivity contribution < 1.29 is 8.57 Å². The molecule has 0 aromatic heterocycles. The highest BCUT2D eigenvalue weighted by atomic mass is 127. The van der Waals surface area contributed by atoms with Crippen molar-refractivity contribution in [3.05, 3.63) is 11.9 Å². The summed E-state index contributed by atoms with van der Waals surface area (Å²) in [6, 6.07) is 0. The Morgan fingerprint density at radius 2 is 2.62 bits per heavy atom. The van der Waals surface area contributed by atoms with Crippen LogP contribution in [0.4, 0.5) is 4.39 Å². The van der Waals surface area contributed by atoms with Gasteiger partial charge >= 0.3 is 0 Å². The average molecular weight is 246 g/mol. The van der Waals surface area contributed by atoms with Crippen molar-refractivity contribution in [1.29, 1.82) is 0 Å². The highest BCUT2D eigenvalue weighted by Crippen LogP contribution is 2.28. The molecule has 1 rings (SSSR count). The van der Waals surface area contributed by atoms with Crippen LogP contribution >= 0.6 is 30.4 Å². The number of hydrogen-bond donors (Lipinski definition) is 0. The van der Waals surface area contributed by atoms with Gasteiger partial charge < -0.3 is 0 Å². The van der Waals surface area contributed by atoms with Gasteiger partial charge in [-0.2, -0.15) is 0 Å². The highest BCUT2D eigenvalue weighted by Gasteiger charge is 2.19. The first-order valence-electron chi connectivity index (χ1n) is 2.13. The van der Waals surface area contributed by atoms with Crippen LogP contribution < -0.4 is 0 Å². The SMILES string of the molecule is FC1=CC(OSI)C1. The van der Waals surface area contributed by atoms with Gasteiger partial charge in [0.25, 0.3) is 0 Å². The van der Waals surface area contributed by atoms with E-state index in [0.29, 0.717) is 6.42 Å². The van der Waals surface area contributed by atoms with E-state index in [4.69, 9.17) is 4.18 Å². The zero-order valence-corrected chi connectivity index (χ0v) is 6.91. The number of halogens is 2. The molecule has 0 spiro atoms. The fraction of sp³-hybridized carbons (Fsp3) is 0.500. The van der Waals surface area contributed by atoms with E-state index in [0.717, 1.165) is 0 Å². The summed E-state index contributed by atoms with van der Waals surface area (Å²) in [6.45, 7) is 0. The van der Waals surface area contributed by atoms with Gasteiger partial charge in [0, 0.05) is 27.6 Å². The zero-order valence-electron chi connectivity index (χ0n) is 3.93. The molecule has 0 heterocycles. The minimum atomic E-state index is -0.0551. The Balaban J connectivity index is 2.16. The second-order valence-corrected chi connectivity index (χ2v) is 2.91. The summed E-state index contributed by atoms with van der Waals surface area (Å²) >= 11 is 2.01. The van der Waals surface area contributed by atoms with E-state index in [-0.39, 0.29) is 11.9 Å². The van der Waals surface area contributed by atoms with Crippen LogP contribution in [0.1, 0.15) is 6.42 Å².